The minimum atomic E-state index is -3.33. The molecule has 12 heteroatoms. The van der Waals surface area contributed by atoms with Crippen LogP contribution in [0.1, 0.15) is 35.2 Å². The molecule has 0 bridgehead atoms. The van der Waals surface area contributed by atoms with Gasteiger partial charge in [-0.05, 0) is 74.2 Å². The van der Waals surface area contributed by atoms with E-state index in [0.29, 0.717) is 21.6 Å². The molecule has 1 atom stereocenters. The minimum Gasteiger partial charge on any atom is -0.354 e. The Morgan fingerprint density at radius 3 is 2.19 bits per heavy atom. The van der Waals surface area contributed by atoms with E-state index >= 15 is 0 Å². The van der Waals surface area contributed by atoms with Crippen LogP contribution >= 0.6 is 46.4 Å². The summed E-state index contributed by atoms with van der Waals surface area (Å²) in [6.45, 7) is 2.94. The monoisotopic (exact) mass is 607 g/mol. The van der Waals surface area contributed by atoms with E-state index in [2.05, 4.69) is 15.5 Å². The molecule has 1 fully saturated rings. The number of nitrogens with one attached hydrogen (secondary N) is 2. The fourth-order valence-electron chi connectivity index (χ4n) is 4.09. The molecule has 1 aliphatic heterocycles. The molecule has 0 spiro atoms. The van der Waals surface area contributed by atoms with Gasteiger partial charge < -0.3 is 10.6 Å². The average molecular weight is 609 g/mol. The molecule has 2 amide bonds. The number of sulfone groups is 1. The Kier molecular flexibility index (Phi) is 10.9. The van der Waals surface area contributed by atoms with Crippen molar-refractivity contribution in [1.82, 2.24) is 15.5 Å². The number of hydrogen-bond acceptors (Lipinski definition) is 5. The van der Waals surface area contributed by atoms with Gasteiger partial charge in [0.25, 0.3) is 5.91 Å². The first kappa shape index (κ1) is 30.0. The number of hydrogen-bond donors (Lipinski definition) is 2. The zero-order valence-corrected chi connectivity index (χ0v) is 24.1. The lowest BCUT2D eigenvalue weighted by Gasteiger charge is -2.32. The van der Waals surface area contributed by atoms with E-state index in [1.54, 1.807) is 6.07 Å². The zero-order valence-electron chi connectivity index (χ0n) is 20.3. The number of benzene rings is 2. The number of likely N-dealkylation sites (tertiary alicyclic amines) is 1. The molecule has 2 aromatic carbocycles. The summed E-state index contributed by atoms with van der Waals surface area (Å²) in [5, 5.41) is 7.11. The standard InChI is InChI=1S/C25H29Cl4N3O4S/c1-37(35,36)11-8-23(31-24(33)18-3-5-20(27)22(29)13-18)25(34)30-14-16-6-9-32(10-7-16)15-17-2-4-19(26)21(28)12-17/h2-5,12-13,16,23H,6-11,14-15H2,1H3,(H,30,34)(H,31,33)/t23-/m0/s1. The summed E-state index contributed by atoms with van der Waals surface area (Å²) in [5.74, 6) is -0.923. The maximum Gasteiger partial charge on any atom is 0.251 e. The SMILES string of the molecule is CS(=O)(=O)CC[C@H](NC(=O)c1ccc(Cl)c(Cl)c1)C(=O)NCC1CCN(Cc2ccc(Cl)c(Cl)c2)CC1. The lowest BCUT2D eigenvalue weighted by atomic mass is 9.96. The molecule has 0 aromatic heterocycles. The molecule has 2 aromatic rings. The van der Waals surface area contributed by atoms with Crippen LogP contribution < -0.4 is 10.6 Å². The van der Waals surface area contributed by atoms with Crippen LogP contribution in [-0.4, -0.2) is 62.8 Å². The molecular formula is C25H29Cl4N3O4S. The number of halogens is 4. The highest BCUT2D eigenvalue weighted by atomic mass is 35.5. The average Bonchev–Trinajstić information content (AvgIpc) is 2.84. The highest BCUT2D eigenvalue weighted by molar-refractivity contribution is 7.90. The molecule has 0 aliphatic carbocycles. The Morgan fingerprint density at radius 2 is 1.59 bits per heavy atom. The third-order valence-electron chi connectivity index (χ3n) is 6.24. The second-order valence-electron chi connectivity index (χ2n) is 9.29. The summed E-state index contributed by atoms with van der Waals surface area (Å²) < 4.78 is 23.4. The van der Waals surface area contributed by atoms with Gasteiger partial charge in [0.05, 0.1) is 25.8 Å². The van der Waals surface area contributed by atoms with Crippen molar-refractivity contribution in [2.75, 3.05) is 31.6 Å². The van der Waals surface area contributed by atoms with Gasteiger partial charge in [0, 0.05) is 24.9 Å². The van der Waals surface area contributed by atoms with E-state index in [0.717, 1.165) is 44.3 Å². The Balaban J connectivity index is 1.53. The molecule has 0 radical (unpaired) electrons. The van der Waals surface area contributed by atoms with Crippen LogP contribution in [0.15, 0.2) is 36.4 Å². The van der Waals surface area contributed by atoms with Crippen LogP contribution in [0.3, 0.4) is 0 Å². The van der Waals surface area contributed by atoms with E-state index in [4.69, 9.17) is 46.4 Å². The predicted octanol–water partition coefficient (Wildman–Crippen LogP) is 4.86. The molecule has 7 nitrogen and oxygen atoms in total. The molecule has 2 N–H and O–H groups in total. The van der Waals surface area contributed by atoms with E-state index in [1.807, 2.05) is 12.1 Å². The quantitative estimate of drug-likeness (QED) is 0.402. The first-order valence-electron chi connectivity index (χ1n) is 11.8. The van der Waals surface area contributed by atoms with Gasteiger partial charge in [-0.1, -0.05) is 52.5 Å². The zero-order chi connectivity index (χ0) is 27.2. The second-order valence-corrected chi connectivity index (χ2v) is 13.2. The van der Waals surface area contributed by atoms with Crippen molar-refractivity contribution in [2.45, 2.75) is 31.8 Å². The van der Waals surface area contributed by atoms with Crippen LogP contribution in [0.2, 0.25) is 20.1 Å². The number of carbonyl (C=O) groups excluding carboxylic acids is 2. The maximum absolute atomic E-state index is 13.0. The molecule has 0 unspecified atom stereocenters. The first-order chi connectivity index (χ1) is 17.4. The Morgan fingerprint density at radius 1 is 0.973 bits per heavy atom. The lowest BCUT2D eigenvalue weighted by Crippen LogP contribution is -2.49. The van der Waals surface area contributed by atoms with Crippen molar-refractivity contribution in [3.05, 3.63) is 67.6 Å². The number of carbonyl (C=O) groups is 2. The highest BCUT2D eigenvalue weighted by Crippen LogP contribution is 2.25. The van der Waals surface area contributed by atoms with Crippen LogP contribution in [0.4, 0.5) is 0 Å². The molecule has 0 saturated carbocycles. The summed E-state index contributed by atoms with van der Waals surface area (Å²) in [7, 11) is -3.33. The van der Waals surface area contributed by atoms with Crippen molar-refractivity contribution < 1.29 is 18.0 Å². The van der Waals surface area contributed by atoms with Crippen molar-refractivity contribution in [2.24, 2.45) is 5.92 Å². The molecule has 37 heavy (non-hydrogen) atoms. The van der Waals surface area contributed by atoms with Gasteiger partial charge >= 0.3 is 0 Å². The number of piperidine rings is 1. The lowest BCUT2D eigenvalue weighted by molar-refractivity contribution is -0.123. The Labute approximate surface area is 237 Å². The van der Waals surface area contributed by atoms with E-state index < -0.39 is 27.7 Å². The summed E-state index contributed by atoms with van der Waals surface area (Å²) in [5.41, 5.74) is 1.31. The van der Waals surface area contributed by atoms with Gasteiger partial charge in [0.2, 0.25) is 5.91 Å². The van der Waals surface area contributed by atoms with Crippen LogP contribution in [-0.2, 0) is 21.2 Å². The summed E-state index contributed by atoms with van der Waals surface area (Å²) in [6, 6.07) is 8.99. The smallest absolute Gasteiger partial charge is 0.251 e. The normalized spacial score (nSPS) is 15.8. The van der Waals surface area contributed by atoms with Gasteiger partial charge in [0.15, 0.2) is 0 Å². The summed E-state index contributed by atoms with van der Waals surface area (Å²) in [6.07, 6.45) is 2.84. The molecule has 1 saturated heterocycles. The topological polar surface area (TPSA) is 95.6 Å². The Bertz CT molecular complexity index is 1230. The fourth-order valence-corrected chi connectivity index (χ4v) is 5.38. The minimum absolute atomic E-state index is 0.0418. The molecule has 3 rings (SSSR count). The van der Waals surface area contributed by atoms with Gasteiger partial charge in [-0.25, -0.2) is 8.42 Å². The van der Waals surface area contributed by atoms with Crippen molar-refractivity contribution in [1.29, 1.82) is 0 Å². The first-order valence-corrected chi connectivity index (χ1v) is 15.4. The van der Waals surface area contributed by atoms with Crippen molar-refractivity contribution >= 4 is 68.1 Å². The third-order valence-corrected chi connectivity index (χ3v) is 8.70. The van der Waals surface area contributed by atoms with Gasteiger partial charge in [0.1, 0.15) is 15.9 Å². The van der Waals surface area contributed by atoms with E-state index in [1.165, 1.54) is 18.2 Å². The van der Waals surface area contributed by atoms with Crippen LogP contribution in [0.5, 0.6) is 0 Å². The highest BCUT2D eigenvalue weighted by Gasteiger charge is 2.25. The van der Waals surface area contributed by atoms with Gasteiger partial charge in [-0.15, -0.1) is 0 Å². The van der Waals surface area contributed by atoms with Gasteiger partial charge in [-0.2, -0.15) is 0 Å². The predicted molar refractivity (Wildman–Crippen MR) is 150 cm³/mol. The third kappa shape index (κ3) is 9.61. The van der Waals surface area contributed by atoms with Crippen molar-refractivity contribution in [3.63, 3.8) is 0 Å². The maximum atomic E-state index is 13.0. The number of rotatable bonds is 10. The van der Waals surface area contributed by atoms with Crippen LogP contribution in [0, 0.1) is 5.92 Å². The summed E-state index contributed by atoms with van der Waals surface area (Å²) >= 11 is 24.0. The molecule has 202 valence electrons. The van der Waals surface area contributed by atoms with E-state index in [-0.39, 0.29) is 28.7 Å². The van der Waals surface area contributed by atoms with E-state index in [9.17, 15) is 18.0 Å². The summed E-state index contributed by atoms with van der Waals surface area (Å²) in [4.78, 5) is 28.0. The molecular weight excluding hydrogens is 580 g/mol. The molecule has 1 aliphatic rings. The largest absolute Gasteiger partial charge is 0.354 e. The van der Waals surface area contributed by atoms with Crippen LogP contribution in [0.25, 0.3) is 0 Å². The van der Waals surface area contributed by atoms with Crippen molar-refractivity contribution in [3.8, 4) is 0 Å². The fraction of sp³-hybridized carbons (Fsp3) is 0.440. The Hall–Kier alpha value is -1.55. The number of nitrogens with zero attached hydrogens (tertiary/aromatic N) is 1. The molecule has 1 heterocycles. The second kappa shape index (κ2) is 13.5. The van der Waals surface area contributed by atoms with Gasteiger partial charge in [-0.3, -0.25) is 14.5 Å². The number of amides is 2.